The highest BCUT2D eigenvalue weighted by Gasteiger charge is 2.24. The second kappa shape index (κ2) is 10.3. The number of halogens is 1. The molecule has 8 heteroatoms. The van der Waals surface area contributed by atoms with Crippen LogP contribution in [0.1, 0.15) is 16.7 Å². The maximum absolute atomic E-state index is 12.3. The van der Waals surface area contributed by atoms with Gasteiger partial charge in [0.2, 0.25) is 0 Å². The van der Waals surface area contributed by atoms with Crippen LogP contribution in [0.4, 0.5) is 5.69 Å². The van der Waals surface area contributed by atoms with E-state index in [1.165, 1.54) is 0 Å². The van der Waals surface area contributed by atoms with Gasteiger partial charge >= 0.3 is 0 Å². The number of amides is 1. The van der Waals surface area contributed by atoms with Crippen LogP contribution >= 0.6 is 0 Å². The van der Waals surface area contributed by atoms with Crippen molar-refractivity contribution in [3.63, 3.8) is 0 Å². The fraction of sp³-hybridized carbons (Fsp3) is 0.250. The molecule has 0 aliphatic carbocycles. The fourth-order valence-corrected chi connectivity index (χ4v) is 3.44. The van der Waals surface area contributed by atoms with E-state index in [-0.39, 0.29) is 30.1 Å². The predicted octanol–water partition coefficient (Wildman–Crippen LogP) is -1.59. The Labute approximate surface area is 193 Å². The summed E-state index contributed by atoms with van der Waals surface area (Å²) in [5.41, 5.74) is 4.61. The maximum Gasteiger partial charge on any atom is 0.285 e. The molecule has 4 N–H and O–H groups in total. The van der Waals surface area contributed by atoms with Gasteiger partial charge in [-0.25, -0.2) is 0 Å². The number of ether oxygens (including phenoxy) is 1. The number of aromatic hydroxyl groups is 1. The zero-order valence-electron chi connectivity index (χ0n) is 17.9. The number of morpholine rings is 1. The van der Waals surface area contributed by atoms with Crippen molar-refractivity contribution in [2.45, 2.75) is 13.0 Å². The van der Waals surface area contributed by atoms with Gasteiger partial charge in [-0.1, -0.05) is 23.5 Å². The number of aromatic nitrogens is 2. The quantitative estimate of drug-likeness (QED) is 0.418. The molecule has 1 aliphatic heterocycles. The first-order valence-electron chi connectivity index (χ1n) is 10.2. The lowest BCUT2D eigenvalue weighted by atomic mass is 10.0. The van der Waals surface area contributed by atoms with Crippen molar-refractivity contribution in [1.29, 1.82) is 0 Å². The van der Waals surface area contributed by atoms with Crippen LogP contribution in [0.2, 0.25) is 0 Å². The maximum atomic E-state index is 12.3. The molecule has 32 heavy (non-hydrogen) atoms. The Morgan fingerprint density at radius 2 is 2.03 bits per heavy atom. The Hall–Kier alpha value is -3.31. The summed E-state index contributed by atoms with van der Waals surface area (Å²) in [5, 5.41) is 19.7. The van der Waals surface area contributed by atoms with Crippen LogP contribution < -0.4 is 23.0 Å². The number of nitrogens with two attached hydrogens (primary N) is 1. The number of phenolic OH excluding ortho intramolecular Hbond substituents is 1. The highest BCUT2D eigenvalue weighted by atomic mass is 35.5. The third-order valence-corrected chi connectivity index (χ3v) is 5.08. The minimum atomic E-state index is -0.213. The SMILES string of the molecule is Cc1ccc(O)c(-c2nn(C)cc2C#Cc2ccc(NC(=O)C3COCC[NH2+]3)cc2)c1.[Cl-]. The number of quaternary nitrogens is 1. The van der Waals surface area contributed by atoms with Gasteiger partial charge in [0, 0.05) is 30.1 Å². The average molecular weight is 453 g/mol. The van der Waals surface area contributed by atoms with Crippen molar-refractivity contribution in [2.75, 3.05) is 25.1 Å². The molecular weight excluding hydrogens is 428 g/mol. The molecule has 0 bridgehead atoms. The van der Waals surface area contributed by atoms with E-state index in [1.807, 2.05) is 61.9 Å². The van der Waals surface area contributed by atoms with Gasteiger partial charge in [0.1, 0.15) is 18.1 Å². The summed E-state index contributed by atoms with van der Waals surface area (Å²) >= 11 is 0. The van der Waals surface area contributed by atoms with Crippen LogP contribution in [-0.2, 0) is 16.6 Å². The van der Waals surface area contributed by atoms with Gasteiger partial charge in [0.05, 0.1) is 18.7 Å². The minimum absolute atomic E-state index is 0. The average Bonchev–Trinajstić information content (AvgIpc) is 3.15. The van der Waals surface area contributed by atoms with E-state index in [4.69, 9.17) is 4.74 Å². The lowest BCUT2D eigenvalue weighted by Crippen LogP contribution is -3.00. The largest absolute Gasteiger partial charge is 1.00 e. The molecule has 0 saturated carbocycles. The first kappa shape index (κ1) is 23.4. The summed E-state index contributed by atoms with van der Waals surface area (Å²) in [6.45, 7) is 3.87. The van der Waals surface area contributed by atoms with Crippen LogP contribution in [-0.4, -0.2) is 46.6 Å². The number of rotatable bonds is 3. The molecule has 1 fully saturated rings. The Bertz CT molecular complexity index is 1160. The van der Waals surface area contributed by atoms with E-state index >= 15 is 0 Å². The number of benzene rings is 2. The van der Waals surface area contributed by atoms with E-state index in [0.29, 0.717) is 24.5 Å². The van der Waals surface area contributed by atoms with Gasteiger partial charge in [0.25, 0.3) is 5.91 Å². The first-order valence-corrected chi connectivity index (χ1v) is 10.2. The molecule has 3 aromatic rings. The highest BCUT2D eigenvalue weighted by molar-refractivity contribution is 5.94. The zero-order chi connectivity index (χ0) is 21.8. The normalized spacial score (nSPS) is 15.2. The summed E-state index contributed by atoms with van der Waals surface area (Å²) < 4.78 is 7.04. The van der Waals surface area contributed by atoms with Crippen molar-refractivity contribution in [1.82, 2.24) is 9.78 Å². The summed E-state index contributed by atoms with van der Waals surface area (Å²) in [7, 11) is 1.83. The molecule has 4 rings (SSSR count). The van der Waals surface area contributed by atoms with E-state index in [9.17, 15) is 9.90 Å². The topological polar surface area (TPSA) is 93.0 Å². The second-order valence-electron chi connectivity index (χ2n) is 7.61. The Morgan fingerprint density at radius 3 is 2.75 bits per heavy atom. The van der Waals surface area contributed by atoms with Gasteiger partial charge in [0.15, 0.2) is 6.04 Å². The van der Waals surface area contributed by atoms with Crippen LogP contribution in [0.15, 0.2) is 48.7 Å². The summed E-state index contributed by atoms with van der Waals surface area (Å²) in [5.74, 6) is 6.41. The molecule has 1 amide bonds. The molecule has 166 valence electrons. The molecule has 7 nitrogen and oxygen atoms in total. The van der Waals surface area contributed by atoms with E-state index in [1.54, 1.807) is 10.7 Å². The second-order valence-corrected chi connectivity index (χ2v) is 7.61. The van der Waals surface area contributed by atoms with Gasteiger partial charge in [-0.05, 0) is 43.3 Å². The highest BCUT2D eigenvalue weighted by Crippen LogP contribution is 2.30. The zero-order valence-corrected chi connectivity index (χ0v) is 18.7. The number of carbonyl (C=O) groups is 1. The molecule has 0 radical (unpaired) electrons. The van der Waals surface area contributed by atoms with Crippen molar-refractivity contribution in [3.8, 4) is 28.8 Å². The monoisotopic (exact) mass is 452 g/mol. The fourth-order valence-electron chi connectivity index (χ4n) is 3.44. The summed E-state index contributed by atoms with van der Waals surface area (Å²) in [6.07, 6.45) is 1.83. The predicted molar refractivity (Wildman–Crippen MR) is 117 cm³/mol. The third-order valence-electron chi connectivity index (χ3n) is 5.08. The Morgan fingerprint density at radius 1 is 1.25 bits per heavy atom. The molecule has 1 aliphatic rings. The van der Waals surface area contributed by atoms with Crippen LogP contribution in [0.3, 0.4) is 0 Å². The van der Waals surface area contributed by atoms with E-state index in [0.717, 1.165) is 28.9 Å². The lowest BCUT2D eigenvalue weighted by Gasteiger charge is -2.19. The van der Waals surface area contributed by atoms with Crippen molar-refractivity contribution in [2.24, 2.45) is 7.05 Å². The molecular formula is C24H25ClN4O3. The summed E-state index contributed by atoms with van der Waals surface area (Å²) in [6, 6.07) is 12.6. The first-order chi connectivity index (χ1) is 15.0. The molecule has 1 atom stereocenters. The van der Waals surface area contributed by atoms with E-state index < -0.39 is 0 Å². The lowest BCUT2D eigenvalue weighted by molar-refractivity contribution is -0.691. The number of nitrogens with zero attached hydrogens (tertiary/aromatic N) is 2. The number of nitrogens with one attached hydrogen (secondary N) is 1. The standard InChI is InChI=1S/C24H24N4O3.ClH/c1-16-3-10-22(29)20(13-16)23-18(14-28(2)27-23)7-4-17-5-8-19(9-6-17)26-24(30)21-15-31-12-11-25-21;/h3,5-6,8-10,13-14,21,25,29H,11-12,15H2,1-2H3,(H,26,30);1H. The smallest absolute Gasteiger partial charge is 0.285 e. The Balaban J connectivity index is 0.00000289. The summed E-state index contributed by atoms with van der Waals surface area (Å²) in [4.78, 5) is 12.3. The molecule has 1 aromatic heterocycles. The number of phenols is 1. The van der Waals surface area contributed by atoms with Crippen LogP contribution in [0.25, 0.3) is 11.3 Å². The molecule has 2 aromatic carbocycles. The van der Waals surface area contributed by atoms with Gasteiger partial charge < -0.3 is 32.9 Å². The van der Waals surface area contributed by atoms with Crippen molar-refractivity contribution < 1.29 is 32.4 Å². The van der Waals surface area contributed by atoms with Crippen LogP contribution in [0.5, 0.6) is 5.75 Å². The number of hydrogen-bond acceptors (Lipinski definition) is 4. The van der Waals surface area contributed by atoms with Crippen LogP contribution in [0, 0.1) is 18.8 Å². The van der Waals surface area contributed by atoms with Crippen molar-refractivity contribution >= 4 is 11.6 Å². The third kappa shape index (κ3) is 5.48. The molecule has 2 heterocycles. The minimum Gasteiger partial charge on any atom is -1.00 e. The van der Waals surface area contributed by atoms with Gasteiger partial charge in [-0.3, -0.25) is 9.48 Å². The number of carbonyl (C=O) groups excluding carboxylic acids is 1. The number of hydrogen-bond donors (Lipinski definition) is 3. The van der Waals surface area contributed by atoms with Crippen molar-refractivity contribution in [3.05, 3.63) is 65.4 Å². The molecule has 0 spiro atoms. The Kier molecular flexibility index (Phi) is 7.54. The molecule has 1 unspecified atom stereocenters. The van der Waals surface area contributed by atoms with Gasteiger partial charge in [-0.2, -0.15) is 5.10 Å². The van der Waals surface area contributed by atoms with E-state index in [2.05, 4.69) is 22.3 Å². The molecule has 1 saturated heterocycles. The number of aryl methyl sites for hydroxylation is 2. The number of anilines is 1. The van der Waals surface area contributed by atoms with Gasteiger partial charge in [-0.15, -0.1) is 0 Å².